The van der Waals surface area contributed by atoms with Gasteiger partial charge in [0, 0.05) is 11.3 Å². The lowest BCUT2D eigenvalue weighted by atomic mass is 9.54. The quantitative estimate of drug-likeness (QED) is 0.163. The van der Waals surface area contributed by atoms with Crippen LogP contribution in [0.3, 0.4) is 0 Å². The molecule has 1 saturated carbocycles. The molecule has 0 aliphatic heterocycles. The van der Waals surface area contributed by atoms with Crippen LogP contribution < -0.4 is 0 Å². The standard InChI is InChI=1S/C31H26Br4O4/c32-24-13-17(14-25(33)29(24)38)28(18-15-26(34)30(39)27(35)16-18)23-3-1-2-12-31(23,19-4-8-21(36)9-5-19)20-6-10-22(37)11-7-20/h4-11,13-16,23,28,36-39H,1-3,12H2. The zero-order valence-corrected chi connectivity index (χ0v) is 27.1. The van der Waals surface area contributed by atoms with Crippen molar-refractivity contribution in [2.45, 2.75) is 37.0 Å². The van der Waals surface area contributed by atoms with Crippen molar-refractivity contribution in [1.82, 2.24) is 0 Å². The molecule has 39 heavy (non-hydrogen) atoms. The normalized spacial score (nSPS) is 16.9. The van der Waals surface area contributed by atoms with E-state index in [9.17, 15) is 20.4 Å². The fourth-order valence-electron chi connectivity index (χ4n) is 6.24. The molecule has 0 spiro atoms. The molecule has 0 heterocycles. The van der Waals surface area contributed by atoms with E-state index in [4.69, 9.17) is 0 Å². The molecule has 1 fully saturated rings. The van der Waals surface area contributed by atoms with Crippen LogP contribution >= 0.6 is 63.7 Å². The minimum atomic E-state index is -0.446. The Labute approximate surface area is 261 Å². The maximum absolute atomic E-state index is 10.5. The van der Waals surface area contributed by atoms with Crippen molar-refractivity contribution in [3.8, 4) is 23.0 Å². The summed E-state index contributed by atoms with van der Waals surface area (Å²) in [4.78, 5) is 0. The summed E-state index contributed by atoms with van der Waals surface area (Å²) >= 11 is 14.2. The van der Waals surface area contributed by atoms with E-state index in [1.807, 2.05) is 48.5 Å². The Balaban J connectivity index is 1.83. The van der Waals surface area contributed by atoms with E-state index in [0.717, 1.165) is 47.9 Å². The number of phenolic OH excluding ortho intramolecular Hbond substituents is 4. The van der Waals surface area contributed by atoms with Crippen LogP contribution in [0.2, 0.25) is 0 Å². The third-order valence-electron chi connectivity index (χ3n) is 7.93. The van der Waals surface area contributed by atoms with Crippen molar-refractivity contribution < 1.29 is 20.4 Å². The number of rotatable bonds is 5. The molecule has 4 N–H and O–H groups in total. The molecule has 202 valence electrons. The summed E-state index contributed by atoms with van der Waals surface area (Å²) in [6, 6.07) is 22.8. The van der Waals surface area contributed by atoms with Crippen LogP contribution in [-0.2, 0) is 5.41 Å². The van der Waals surface area contributed by atoms with Gasteiger partial charge < -0.3 is 20.4 Å². The van der Waals surface area contributed by atoms with E-state index in [2.05, 4.69) is 63.7 Å². The minimum absolute atomic E-state index is 0.0482. The van der Waals surface area contributed by atoms with Crippen LogP contribution in [0.25, 0.3) is 0 Å². The molecule has 8 heteroatoms. The van der Waals surface area contributed by atoms with Crippen molar-refractivity contribution >= 4 is 63.7 Å². The molecule has 1 atom stereocenters. The van der Waals surface area contributed by atoms with E-state index >= 15 is 0 Å². The summed E-state index contributed by atoms with van der Waals surface area (Å²) in [5, 5.41) is 41.4. The molecule has 0 radical (unpaired) electrons. The highest BCUT2D eigenvalue weighted by atomic mass is 79.9. The second-order valence-electron chi connectivity index (χ2n) is 10.1. The Kier molecular flexibility index (Phi) is 8.39. The molecule has 1 aliphatic rings. The number of benzene rings is 4. The SMILES string of the molecule is Oc1ccc(C2(c3ccc(O)cc3)CCCCC2C(c2cc(Br)c(O)c(Br)c2)c2cc(Br)c(O)c(Br)c2)cc1. The summed E-state index contributed by atoms with van der Waals surface area (Å²) in [5.41, 5.74) is 3.75. The highest BCUT2D eigenvalue weighted by Crippen LogP contribution is 2.57. The number of halogens is 4. The van der Waals surface area contributed by atoms with Crippen LogP contribution in [0.1, 0.15) is 53.9 Å². The van der Waals surface area contributed by atoms with Gasteiger partial charge in [-0.25, -0.2) is 0 Å². The van der Waals surface area contributed by atoms with Gasteiger partial charge in [-0.05, 0) is 153 Å². The van der Waals surface area contributed by atoms with Crippen LogP contribution in [0.4, 0.5) is 0 Å². The predicted molar refractivity (Wildman–Crippen MR) is 168 cm³/mol. The lowest BCUT2D eigenvalue weighted by molar-refractivity contribution is 0.203. The Morgan fingerprint density at radius 2 is 0.974 bits per heavy atom. The topological polar surface area (TPSA) is 80.9 Å². The maximum Gasteiger partial charge on any atom is 0.143 e. The van der Waals surface area contributed by atoms with Crippen LogP contribution in [0.5, 0.6) is 23.0 Å². The monoisotopic (exact) mass is 778 g/mol. The minimum Gasteiger partial charge on any atom is -0.508 e. The fraction of sp³-hybridized carbons (Fsp3) is 0.226. The zero-order valence-electron chi connectivity index (χ0n) is 20.7. The van der Waals surface area contributed by atoms with Gasteiger partial charge in [0.1, 0.15) is 23.0 Å². The highest BCUT2D eigenvalue weighted by molar-refractivity contribution is 9.11. The largest absolute Gasteiger partial charge is 0.508 e. The first kappa shape index (κ1) is 28.5. The molecule has 0 saturated heterocycles. The third-order valence-corrected chi connectivity index (χ3v) is 10.4. The first-order valence-corrected chi connectivity index (χ1v) is 15.7. The molecular weight excluding hydrogens is 756 g/mol. The molecule has 0 aromatic heterocycles. The Bertz CT molecular complexity index is 1350. The molecule has 0 bridgehead atoms. The van der Waals surface area contributed by atoms with Crippen molar-refractivity contribution in [2.24, 2.45) is 5.92 Å². The van der Waals surface area contributed by atoms with Gasteiger partial charge in [-0.1, -0.05) is 37.1 Å². The number of hydrogen-bond acceptors (Lipinski definition) is 4. The zero-order chi connectivity index (χ0) is 27.9. The van der Waals surface area contributed by atoms with Gasteiger partial charge >= 0.3 is 0 Å². The second-order valence-corrected chi connectivity index (χ2v) is 13.5. The Morgan fingerprint density at radius 1 is 0.590 bits per heavy atom. The average molecular weight is 782 g/mol. The van der Waals surface area contributed by atoms with Crippen LogP contribution in [-0.4, -0.2) is 20.4 Å². The van der Waals surface area contributed by atoms with Crippen LogP contribution in [0.15, 0.2) is 90.7 Å². The molecule has 4 aromatic carbocycles. The molecule has 4 nitrogen and oxygen atoms in total. The van der Waals surface area contributed by atoms with Gasteiger partial charge in [-0.15, -0.1) is 0 Å². The van der Waals surface area contributed by atoms with Gasteiger partial charge in [-0.2, -0.15) is 0 Å². The summed E-state index contributed by atoms with van der Waals surface area (Å²) in [6.45, 7) is 0. The molecular formula is C31H26Br4O4. The van der Waals surface area contributed by atoms with E-state index in [1.165, 1.54) is 0 Å². The fourth-order valence-corrected chi connectivity index (χ4v) is 8.68. The van der Waals surface area contributed by atoms with Crippen molar-refractivity contribution in [3.63, 3.8) is 0 Å². The first-order chi connectivity index (χ1) is 18.6. The Morgan fingerprint density at radius 3 is 1.36 bits per heavy atom. The predicted octanol–water partition coefficient (Wildman–Crippen LogP) is 9.87. The molecule has 4 aromatic rings. The molecule has 5 rings (SSSR count). The van der Waals surface area contributed by atoms with Gasteiger partial charge in [0.25, 0.3) is 0 Å². The lowest BCUT2D eigenvalue weighted by Gasteiger charge is -2.49. The average Bonchev–Trinajstić information content (AvgIpc) is 2.91. The number of hydrogen-bond donors (Lipinski definition) is 4. The van der Waals surface area contributed by atoms with Crippen molar-refractivity contribution in [1.29, 1.82) is 0 Å². The van der Waals surface area contributed by atoms with E-state index in [-0.39, 0.29) is 34.8 Å². The number of aromatic hydroxyl groups is 4. The van der Waals surface area contributed by atoms with Gasteiger partial charge in [-0.3, -0.25) is 0 Å². The Hall–Kier alpha value is -2.00. The lowest BCUT2D eigenvalue weighted by Crippen LogP contribution is -2.42. The van der Waals surface area contributed by atoms with Crippen LogP contribution in [0, 0.1) is 5.92 Å². The van der Waals surface area contributed by atoms with E-state index in [1.54, 1.807) is 24.3 Å². The van der Waals surface area contributed by atoms with Gasteiger partial charge in [0.2, 0.25) is 0 Å². The summed E-state index contributed by atoms with van der Waals surface area (Å²) in [5.74, 6) is 0.596. The molecule has 1 aliphatic carbocycles. The van der Waals surface area contributed by atoms with Crippen molar-refractivity contribution in [3.05, 3.63) is 113 Å². The molecule has 1 unspecified atom stereocenters. The number of phenols is 4. The third kappa shape index (κ3) is 5.37. The maximum atomic E-state index is 10.5. The van der Waals surface area contributed by atoms with Crippen molar-refractivity contribution in [2.75, 3.05) is 0 Å². The highest BCUT2D eigenvalue weighted by Gasteiger charge is 2.48. The smallest absolute Gasteiger partial charge is 0.143 e. The summed E-state index contributed by atoms with van der Waals surface area (Å²) < 4.78 is 2.35. The van der Waals surface area contributed by atoms with Gasteiger partial charge in [0.05, 0.1) is 17.9 Å². The summed E-state index contributed by atoms with van der Waals surface area (Å²) in [7, 11) is 0. The van der Waals surface area contributed by atoms with E-state index < -0.39 is 5.41 Å². The van der Waals surface area contributed by atoms with E-state index in [0.29, 0.717) is 17.9 Å². The first-order valence-electron chi connectivity index (χ1n) is 12.6. The summed E-state index contributed by atoms with van der Waals surface area (Å²) in [6.07, 6.45) is 3.86. The van der Waals surface area contributed by atoms with Gasteiger partial charge in [0.15, 0.2) is 0 Å². The second kappa shape index (κ2) is 11.5. The molecule has 0 amide bonds.